The van der Waals surface area contributed by atoms with E-state index >= 15 is 0 Å². The number of hydrogen-bond donors (Lipinski definition) is 2. The van der Waals surface area contributed by atoms with E-state index in [4.69, 9.17) is 5.11 Å². The van der Waals surface area contributed by atoms with Crippen molar-refractivity contribution >= 4 is 17.5 Å². The second-order valence-electron chi connectivity index (χ2n) is 5.17. The monoisotopic (exact) mass is 288 g/mol. The summed E-state index contributed by atoms with van der Waals surface area (Å²) in [5.74, 6) is -1.49. The molecule has 4 nitrogen and oxygen atoms in total. The lowest BCUT2D eigenvalue weighted by molar-refractivity contribution is 0.0697. The minimum Gasteiger partial charge on any atom is -0.478 e. The topological polar surface area (TPSA) is 62.2 Å². The predicted octanol–water partition coefficient (Wildman–Crippen LogP) is 4.09. The largest absolute Gasteiger partial charge is 0.478 e. The summed E-state index contributed by atoms with van der Waals surface area (Å²) in [4.78, 5) is 15.1. The zero-order valence-electron chi connectivity index (χ0n) is 12.1. The Morgan fingerprint density at radius 1 is 1.38 bits per heavy atom. The molecule has 21 heavy (non-hydrogen) atoms. The van der Waals surface area contributed by atoms with Gasteiger partial charge in [0.05, 0.1) is 6.20 Å². The standard InChI is InChI=1S/C16H17FN2O2/c1-9(2)12-6-4-5-10(3)14(12)19-15-13(16(20)21)7-11(17)8-18-15/h4-9H,1-3H3,(H,18,19)(H,20,21). The molecule has 2 aromatic rings. The van der Waals surface area contributed by atoms with Crippen molar-refractivity contribution in [2.24, 2.45) is 0 Å². The Morgan fingerprint density at radius 2 is 2.10 bits per heavy atom. The molecule has 1 aromatic carbocycles. The van der Waals surface area contributed by atoms with Crippen LogP contribution in [0, 0.1) is 12.7 Å². The van der Waals surface area contributed by atoms with Gasteiger partial charge in [-0.25, -0.2) is 14.2 Å². The maximum Gasteiger partial charge on any atom is 0.339 e. The summed E-state index contributed by atoms with van der Waals surface area (Å²) < 4.78 is 13.2. The van der Waals surface area contributed by atoms with Crippen LogP contribution in [-0.2, 0) is 0 Å². The zero-order valence-corrected chi connectivity index (χ0v) is 12.1. The molecular weight excluding hydrogens is 271 g/mol. The lowest BCUT2D eigenvalue weighted by Crippen LogP contribution is -2.08. The Bertz CT molecular complexity index is 684. The van der Waals surface area contributed by atoms with Crippen LogP contribution in [0.4, 0.5) is 15.9 Å². The van der Waals surface area contributed by atoms with Gasteiger partial charge in [-0.1, -0.05) is 32.0 Å². The summed E-state index contributed by atoms with van der Waals surface area (Å²) in [6, 6.07) is 6.82. The molecule has 2 rings (SSSR count). The number of anilines is 2. The molecule has 0 spiro atoms. The number of nitrogens with zero attached hydrogens (tertiary/aromatic N) is 1. The highest BCUT2D eigenvalue weighted by Crippen LogP contribution is 2.30. The van der Waals surface area contributed by atoms with Crippen molar-refractivity contribution in [1.29, 1.82) is 0 Å². The van der Waals surface area contributed by atoms with Gasteiger partial charge < -0.3 is 10.4 Å². The zero-order chi connectivity index (χ0) is 15.6. The Hall–Kier alpha value is -2.43. The van der Waals surface area contributed by atoms with Gasteiger partial charge in [0, 0.05) is 5.69 Å². The molecule has 0 fully saturated rings. The van der Waals surface area contributed by atoms with Gasteiger partial charge >= 0.3 is 5.97 Å². The second kappa shape index (κ2) is 5.91. The molecule has 1 heterocycles. The number of pyridine rings is 1. The average molecular weight is 288 g/mol. The third-order valence-corrected chi connectivity index (χ3v) is 3.26. The molecule has 0 saturated heterocycles. The lowest BCUT2D eigenvalue weighted by atomic mass is 9.98. The van der Waals surface area contributed by atoms with Crippen molar-refractivity contribution in [1.82, 2.24) is 4.98 Å². The van der Waals surface area contributed by atoms with Gasteiger partial charge in [0.1, 0.15) is 17.2 Å². The fourth-order valence-corrected chi connectivity index (χ4v) is 2.16. The van der Waals surface area contributed by atoms with Gasteiger partial charge in [-0.3, -0.25) is 0 Å². The number of hydrogen-bond acceptors (Lipinski definition) is 3. The molecule has 0 atom stereocenters. The molecule has 0 radical (unpaired) electrons. The smallest absolute Gasteiger partial charge is 0.339 e. The molecule has 5 heteroatoms. The molecule has 1 aromatic heterocycles. The maximum atomic E-state index is 13.2. The number of aromatic nitrogens is 1. The van der Waals surface area contributed by atoms with Crippen LogP contribution >= 0.6 is 0 Å². The van der Waals surface area contributed by atoms with Gasteiger partial charge in [-0.2, -0.15) is 0 Å². The highest BCUT2D eigenvalue weighted by atomic mass is 19.1. The van der Waals surface area contributed by atoms with E-state index in [2.05, 4.69) is 24.1 Å². The van der Waals surface area contributed by atoms with Crippen LogP contribution in [0.15, 0.2) is 30.5 Å². The molecule has 0 aliphatic carbocycles. The minimum atomic E-state index is -1.22. The second-order valence-corrected chi connectivity index (χ2v) is 5.17. The molecule has 0 unspecified atom stereocenters. The summed E-state index contributed by atoms with van der Waals surface area (Å²) in [6.07, 6.45) is 1.00. The number of carboxylic acids is 1. The van der Waals surface area contributed by atoms with Gasteiger partial charge in [-0.05, 0) is 30.0 Å². The van der Waals surface area contributed by atoms with Crippen molar-refractivity contribution in [3.63, 3.8) is 0 Å². The molecule has 110 valence electrons. The number of benzene rings is 1. The number of aromatic carboxylic acids is 1. The molecular formula is C16H17FN2O2. The molecule has 0 aliphatic heterocycles. The Kier molecular flexibility index (Phi) is 4.21. The summed E-state index contributed by atoms with van der Waals surface area (Å²) in [6.45, 7) is 6.03. The number of aryl methyl sites for hydroxylation is 1. The first-order valence-electron chi connectivity index (χ1n) is 6.65. The van der Waals surface area contributed by atoms with E-state index in [9.17, 15) is 9.18 Å². The summed E-state index contributed by atoms with van der Waals surface area (Å²) in [7, 11) is 0. The van der Waals surface area contributed by atoms with E-state index in [0.29, 0.717) is 0 Å². The van der Waals surface area contributed by atoms with Crippen LogP contribution < -0.4 is 5.32 Å². The fraction of sp³-hybridized carbons (Fsp3) is 0.250. The molecule has 0 aliphatic rings. The third kappa shape index (κ3) is 3.18. The molecule has 2 N–H and O–H groups in total. The molecule has 0 amide bonds. The van der Waals surface area contributed by atoms with Gasteiger partial charge in [0.15, 0.2) is 0 Å². The van der Waals surface area contributed by atoms with E-state index in [1.807, 2.05) is 25.1 Å². The van der Waals surface area contributed by atoms with Gasteiger partial charge in [-0.15, -0.1) is 0 Å². The average Bonchev–Trinajstić information content (AvgIpc) is 2.42. The third-order valence-electron chi connectivity index (χ3n) is 3.26. The van der Waals surface area contributed by atoms with Crippen molar-refractivity contribution in [3.05, 3.63) is 53.0 Å². The summed E-state index contributed by atoms with van der Waals surface area (Å²) in [5, 5.41) is 12.2. The van der Waals surface area contributed by atoms with Crippen molar-refractivity contribution in [2.45, 2.75) is 26.7 Å². The van der Waals surface area contributed by atoms with E-state index in [0.717, 1.165) is 29.1 Å². The van der Waals surface area contributed by atoms with Crippen LogP contribution in [0.3, 0.4) is 0 Å². The highest BCUT2D eigenvalue weighted by Gasteiger charge is 2.16. The molecule has 0 bridgehead atoms. The Morgan fingerprint density at radius 3 is 2.71 bits per heavy atom. The maximum absolute atomic E-state index is 13.2. The van der Waals surface area contributed by atoms with E-state index in [1.165, 1.54) is 0 Å². The fourth-order valence-electron chi connectivity index (χ4n) is 2.16. The SMILES string of the molecule is Cc1cccc(C(C)C)c1Nc1ncc(F)cc1C(=O)O. The van der Waals surface area contributed by atoms with Crippen molar-refractivity contribution in [3.8, 4) is 0 Å². The van der Waals surface area contributed by atoms with E-state index in [-0.39, 0.29) is 17.3 Å². The number of carbonyl (C=O) groups is 1. The summed E-state index contributed by atoms with van der Waals surface area (Å²) >= 11 is 0. The van der Waals surface area contributed by atoms with E-state index < -0.39 is 11.8 Å². The van der Waals surface area contributed by atoms with Crippen LogP contribution in [0.2, 0.25) is 0 Å². The predicted molar refractivity (Wildman–Crippen MR) is 79.7 cm³/mol. The van der Waals surface area contributed by atoms with Crippen molar-refractivity contribution < 1.29 is 14.3 Å². The highest BCUT2D eigenvalue weighted by molar-refractivity contribution is 5.94. The molecule has 0 saturated carbocycles. The Balaban J connectivity index is 2.51. The van der Waals surface area contributed by atoms with Gasteiger partial charge in [0.2, 0.25) is 0 Å². The number of rotatable bonds is 4. The lowest BCUT2D eigenvalue weighted by Gasteiger charge is -2.17. The van der Waals surface area contributed by atoms with Crippen LogP contribution in [-0.4, -0.2) is 16.1 Å². The minimum absolute atomic E-state index is 0.139. The van der Waals surface area contributed by atoms with E-state index in [1.54, 1.807) is 0 Å². The van der Waals surface area contributed by atoms with Crippen LogP contribution in [0.1, 0.15) is 41.3 Å². The van der Waals surface area contributed by atoms with Gasteiger partial charge in [0.25, 0.3) is 0 Å². The van der Waals surface area contributed by atoms with Crippen LogP contribution in [0.5, 0.6) is 0 Å². The first-order valence-corrected chi connectivity index (χ1v) is 6.65. The van der Waals surface area contributed by atoms with Crippen molar-refractivity contribution in [2.75, 3.05) is 5.32 Å². The number of halogens is 1. The number of para-hydroxylation sites is 1. The summed E-state index contributed by atoms with van der Waals surface area (Å²) in [5.41, 5.74) is 2.66. The normalized spacial score (nSPS) is 10.7. The quantitative estimate of drug-likeness (QED) is 0.889. The Labute approximate surface area is 122 Å². The number of carboxylic acid groups (broad SMARTS) is 1. The first-order chi connectivity index (χ1) is 9.90. The number of nitrogens with one attached hydrogen (secondary N) is 1. The first kappa shape index (κ1) is 15.0. The van der Waals surface area contributed by atoms with Crippen LogP contribution in [0.25, 0.3) is 0 Å².